The summed E-state index contributed by atoms with van der Waals surface area (Å²) in [7, 11) is 6.59. The monoisotopic (exact) mass is 435 g/mol. The number of aliphatic imine (C=N–C) groups is 1. The summed E-state index contributed by atoms with van der Waals surface area (Å²) < 4.78 is 21.6. The van der Waals surface area contributed by atoms with Crippen molar-refractivity contribution in [3.05, 3.63) is 46.5 Å². The number of hydrogen-bond acceptors (Lipinski definition) is 5. The average molecular weight is 436 g/mol. The number of hydrogen-bond donors (Lipinski definition) is 2. The fraction of sp³-hybridized carbons (Fsp3) is 0.409. The van der Waals surface area contributed by atoms with E-state index in [4.69, 9.17) is 30.5 Å². The van der Waals surface area contributed by atoms with Crippen molar-refractivity contribution in [1.82, 2.24) is 10.6 Å². The van der Waals surface area contributed by atoms with Crippen LogP contribution in [0.25, 0.3) is 0 Å². The van der Waals surface area contributed by atoms with Crippen LogP contribution in [-0.2, 0) is 13.0 Å². The van der Waals surface area contributed by atoms with E-state index in [2.05, 4.69) is 15.6 Å². The summed E-state index contributed by atoms with van der Waals surface area (Å²) in [6.07, 6.45) is 0.809. The number of nitrogens with one attached hydrogen (secondary N) is 2. The van der Waals surface area contributed by atoms with Gasteiger partial charge >= 0.3 is 0 Å². The Hall–Kier alpha value is -2.80. The lowest BCUT2D eigenvalue weighted by molar-refractivity contribution is 0.311. The highest BCUT2D eigenvalue weighted by Crippen LogP contribution is 2.36. The maximum absolute atomic E-state index is 6.34. The third-order valence-corrected chi connectivity index (χ3v) is 4.70. The second-order valence-corrected chi connectivity index (χ2v) is 6.74. The molecular weight excluding hydrogens is 406 g/mol. The number of ether oxygens (including phenoxy) is 4. The van der Waals surface area contributed by atoms with Crippen molar-refractivity contribution in [2.45, 2.75) is 19.9 Å². The van der Waals surface area contributed by atoms with Gasteiger partial charge in [-0.25, -0.2) is 0 Å². The van der Waals surface area contributed by atoms with Crippen molar-refractivity contribution in [2.24, 2.45) is 4.99 Å². The van der Waals surface area contributed by atoms with E-state index in [-0.39, 0.29) is 0 Å². The predicted molar refractivity (Wildman–Crippen MR) is 121 cm³/mol. The Kier molecular flexibility index (Phi) is 9.41. The first-order chi connectivity index (χ1) is 14.6. The lowest BCUT2D eigenvalue weighted by atomic mass is 10.1. The lowest BCUT2D eigenvalue weighted by Gasteiger charge is -2.15. The molecule has 0 atom stereocenters. The molecule has 0 aliphatic carbocycles. The molecular formula is C22H30ClN3O4. The number of methoxy groups -OCH3 is 3. The highest BCUT2D eigenvalue weighted by Gasteiger charge is 2.12. The van der Waals surface area contributed by atoms with Crippen molar-refractivity contribution >= 4 is 17.6 Å². The van der Waals surface area contributed by atoms with Gasteiger partial charge in [-0.3, -0.25) is 4.99 Å². The van der Waals surface area contributed by atoms with Crippen LogP contribution in [0.15, 0.2) is 35.3 Å². The Balaban J connectivity index is 1.92. The van der Waals surface area contributed by atoms with Crippen LogP contribution in [0.3, 0.4) is 0 Å². The summed E-state index contributed by atoms with van der Waals surface area (Å²) in [5.74, 6) is 3.30. The molecule has 0 bridgehead atoms. The molecule has 8 heteroatoms. The van der Waals surface area contributed by atoms with Gasteiger partial charge in [0.25, 0.3) is 0 Å². The maximum Gasteiger partial charge on any atom is 0.191 e. The summed E-state index contributed by atoms with van der Waals surface area (Å²) in [5.41, 5.74) is 2.10. The third-order valence-electron chi connectivity index (χ3n) is 4.42. The van der Waals surface area contributed by atoms with Crippen LogP contribution in [-0.4, -0.2) is 47.5 Å². The fourth-order valence-corrected chi connectivity index (χ4v) is 3.22. The van der Waals surface area contributed by atoms with Gasteiger partial charge in [0.15, 0.2) is 29.0 Å². The fourth-order valence-electron chi connectivity index (χ4n) is 2.93. The molecule has 0 unspecified atom stereocenters. The van der Waals surface area contributed by atoms with Gasteiger partial charge < -0.3 is 29.6 Å². The van der Waals surface area contributed by atoms with Crippen LogP contribution in [0.2, 0.25) is 5.02 Å². The second kappa shape index (κ2) is 12.0. The Bertz CT molecular complexity index is 859. The number of rotatable bonds is 10. The molecule has 2 aromatic rings. The molecule has 0 radical (unpaired) electrons. The van der Waals surface area contributed by atoms with Crippen molar-refractivity contribution in [3.8, 4) is 23.0 Å². The average Bonchev–Trinajstić information content (AvgIpc) is 2.77. The van der Waals surface area contributed by atoms with E-state index < -0.39 is 0 Å². The van der Waals surface area contributed by atoms with Gasteiger partial charge in [0.05, 0.1) is 33.0 Å². The molecule has 0 amide bonds. The zero-order chi connectivity index (χ0) is 21.9. The lowest BCUT2D eigenvalue weighted by Crippen LogP contribution is -2.37. The first kappa shape index (κ1) is 23.5. The van der Waals surface area contributed by atoms with E-state index in [9.17, 15) is 0 Å². The minimum Gasteiger partial charge on any atom is -0.493 e. The van der Waals surface area contributed by atoms with Crippen LogP contribution in [0.1, 0.15) is 18.1 Å². The highest BCUT2D eigenvalue weighted by molar-refractivity contribution is 6.32. The van der Waals surface area contributed by atoms with Crippen molar-refractivity contribution in [3.63, 3.8) is 0 Å². The first-order valence-corrected chi connectivity index (χ1v) is 10.1. The minimum absolute atomic E-state index is 0.518. The molecule has 0 heterocycles. The van der Waals surface area contributed by atoms with Crippen molar-refractivity contribution in [1.29, 1.82) is 0 Å². The molecule has 0 fully saturated rings. The van der Waals surface area contributed by atoms with E-state index in [1.54, 1.807) is 28.4 Å². The number of halogens is 1. The van der Waals surface area contributed by atoms with Gasteiger partial charge in [0.1, 0.15) is 0 Å². The van der Waals surface area contributed by atoms with E-state index in [1.807, 2.05) is 37.3 Å². The Labute approximate surface area is 183 Å². The van der Waals surface area contributed by atoms with E-state index >= 15 is 0 Å². The molecule has 164 valence electrons. The summed E-state index contributed by atoms with van der Waals surface area (Å²) in [6, 6.07) is 9.67. The van der Waals surface area contributed by atoms with Gasteiger partial charge in [-0.1, -0.05) is 17.7 Å². The molecule has 2 rings (SSSR count). The Morgan fingerprint density at radius 2 is 1.63 bits per heavy atom. The molecule has 0 aliphatic rings. The maximum atomic E-state index is 6.34. The zero-order valence-electron chi connectivity index (χ0n) is 18.2. The quantitative estimate of drug-likeness (QED) is 0.438. The zero-order valence-corrected chi connectivity index (χ0v) is 18.9. The van der Waals surface area contributed by atoms with E-state index in [0.29, 0.717) is 42.2 Å². The van der Waals surface area contributed by atoms with Gasteiger partial charge in [0.2, 0.25) is 0 Å². The van der Waals surface area contributed by atoms with Gasteiger partial charge in [-0.2, -0.15) is 0 Å². The highest BCUT2D eigenvalue weighted by atomic mass is 35.5. The van der Waals surface area contributed by atoms with Gasteiger partial charge in [0, 0.05) is 20.1 Å². The second-order valence-electron chi connectivity index (χ2n) is 6.33. The van der Waals surface area contributed by atoms with E-state index in [1.165, 1.54) is 0 Å². The summed E-state index contributed by atoms with van der Waals surface area (Å²) >= 11 is 6.34. The van der Waals surface area contributed by atoms with Crippen LogP contribution >= 0.6 is 11.6 Å². The summed E-state index contributed by atoms with van der Waals surface area (Å²) in [4.78, 5) is 4.27. The topological polar surface area (TPSA) is 73.3 Å². The Morgan fingerprint density at radius 3 is 2.27 bits per heavy atom. The van der Waals surface area contributed by atoms with Crippen LogP contribution in [0.4, 0.5) is 0 Å². The molecule has 0 aromatic heterocycles. The SMILES string of the molecule is CCOc1c(Cl)cc(CNC(=NC)NCCc2ccc(OC)c(OC)c2)cc1OC. The molecule has 2 N–H and O–H groups in total. The van der Waals surface area contributed by atoms with Gasteiger partial charge in [-0.05, 0) is 48.7 Å². The minimum atomic E-state index is 0.518. The van der Waals surface area contributed by atoms with Gasteiger partial charge in [-0.15, -0.1) is 0 Å². The number of nitrogens with zero attached hydrogens (tertiary/aromatic N) is 1. The normalized spacial score (nSPS) is 11.1. The largest absolute Gasteiger partial charge is 0.493 e. The van der Waals surface area contributed by atoms with Crippen LogP contribution < -0.4 is 29.6 Å². The number of guanidine groups is 1. The van der Waals surface area contributed by atoms with Crippen LogP contribution in [0.5, 0.6) is 23.0 Å². The predicted octanol–water partition coefficient (Wildman–Crippen LogP) is 3.67. The van der Waals surface area contributed by atoms with E-state index in [0.717, 1.165) is 29.0 Å². The van der Waals surface area contributed by atoms with Crippen LogP contribution in [0, 0.1) is 0 Å². The summed E-state index contributed by atoms with van der Waals surface area (Å²) in [5, 5.41) is 7.11. The third kappa shape index (κ3) is 6.35. The molecule has 0 aliphatic heterocycles. The molecule has 0 saturated heterocycles. The molecule has 0 saturated carbocycles. The standard InChI is InChI=1S/C22H30ClN3O4/c1-6-30-21-17(23)11-16(13-20(21)29-5)14-26-22(24-2)25-10-9-15-7-8-18(27-3)19(12-15)28-4/h7-8,11-13H,6,9-10,14H2,1-5H3,(H2,24,25,26). The Morgan fingerprint density at radius 1 is 0.933 bits per heavy atom. The molecule has 7 nitrogen and oxygen atoms in total. The summed E-state index contributed by atoms with van der Waals surface area (Å²) in [6.45, 7) is 3.67. The smallest absolute Gasteiger partial charge is 0.191 e. The first-order valence-electron chi connectivity index (χ1n) is 9.70. The molecule has 0 spiro atoms. The van der Waals surface area contributed by atoms with Crippen molar-refractivity contribution < 1.29 is 18.9 Å². The number of benzene rings is 2. The molecule has 2 aromatic carbocycles. The molecule has 30 heavy (non-hydrogen) atoms. The van der Waals surface area contributed by atoms with Crippen molar-refractivity contribution in [2.75, 3.05) is 41.5 Å².